The van der Waals surface area contributed by atoms with Gasteiger partial charge in [0.1, 0.15) is 11.6 Å². The van der Waals surface area contributed by atoms with Crippen molar-refractivity contribution < 1.29 is 22.0 Å². The number of aryl methyl sites for hydroxylation is 1. The minimum atomic E-state index is -3.46. The summed E-state index contributed by atoms with van der Waals surface area (Å²) < 4.78 is 52.1. The Hall–Kier alpha value is -2.48. The molecule has 0 bridgehead atoms. The molecule has 1 aliphatic rings. The molecule has 3 rings (SSSR count). The van der Waals surface area contributed by atoms with Crippen LogP contribution in [0.2, 0.25) is 0 Å². The number of hydrogen-bond acceptors (Lipinski definition) is 3. The fourth-order valence-electron chi connectivity index (χ4n) is 3.07. The number of benzene rings is 2. The third-order valence-corrected chi connectivity index (χ3v) is 6.97. The van der Waals surface area contributed by atoms with Gasteiger partial charge in [-0.15, -0.1) is 0 Å². The van der Waals surface area contributed by atoms with Gasteiger partial charge in [0.2, 0.25) is 0 Å². The summed E-state index contributed by atoms with van der Waals surface area (Å²) in [5.74, 6) is -1.59. The van der Waals surface area contributed by atoms with Crippen molar-refractivity contribution in [1.82, 2.24) is 4.90 Å². The molecule has 0 spiro atoms. The Morgan fingerprint density at radius 3 is 2.30 bits per heavy atom. The van der Waals surface area contributed by atoms with E-state index in [2.05, 4.69) is 5.32 Å². The van der Waals surface area contributed by atoms with Gasteiger partial charge in [0.25, 0.3) is 0 Å². The first-order valence-corrected chi connectivity index (χ1v) is 10.1. The Kier molecular flexibility index (Phi) is 5.46. The lowest BCUT2D eigenvalue weighted by Crippen LogP contribution is -2.44. The maximum absolute atomic E-state index is 13.7. The summed E-state index contributed by atoms with van der Waals surface area (Å²) in [5.41, 5.74) is 0.865. The largest absolute Gasteiger partial charge is 0.324 e. The fourth-order valence-corrected chi connectivity index (χ4v) is 4.81. The van der Waals surface area contributed by atoms with E-state index >= 15 is 0 Å². The summed E-state index contributed by atoms with van der Waals surface area (Å²) in [5, 5.41) is 1.83. The molecule has 5 nitrogen and oxygen atoms in total. The number of likely N-dealkylation sites (tertiary alicyclic amines) is 1. The Bertz CT molecular complexity index is 938. The zero-order valence-electron chi connectivity index (χ0n) is 14.8. The van der Waals surface area contributed by atoms with E-state index < -0.39 is 32.8 Å². The van der Waals surface area contributed by atoms with Crippen LogP contribution in [-0.4, -0.2) is 37.7 Å². The molecule has 1 aliphatic heterocycles. The van der Waals surface area contributed by atoms with Crippen LogP contribution in [0.4, 0.5) is 19.3 Å². The predicted octanol–water partition coefficient (Wildman–Crippen LogP) is 3.74. The molecule has 0 saturated carbocycles. The number of anilines is 1. The topological polar surface area (TPSA) is 66.5 Å². The molecule has 0 radical (unpaired) electrons. The second-order valence-corrected chi connectivity index (χ2v) is 8.83. The molecule has 0 aromatic heterocycles. The van der Waals surface area contributed by atoms with Gasteiger partial charge in [0, 0.05) is 19.2 Å². The maximum Gasteiger partial charge on any atom is 0.321 e. The molecule has 1 heterocycles. The van der Waals surface area contributed by atoms with Crippen molar-refractivity contribution in [2.24, 2.45) is 0 Å². The van der Waals surface area contributed by atoms with Gasteiger partial charge in [-0.1, -0.05) is 17.7 Å². The molecule has 2 aromatic carbocycles. The van der Waals surface area contributed by atoms with Gasteiger partial charge in [-0.3, -0.25) is 0 Å². The number of piperidine rings is 1. The number of halogens is 2. The normalized spacial score (nSPS) is 15.6. The predicted molar refractivity (Wildman–Crippen MR) is 98.3 cm³/mol. The average Bonchev–Trinajstić information content (AvgIpc) is 2.64. The van der Waals surface area contributed by atoms with Crippen LogP contribution >= 0.6 is 0 Å². The second kappa shape index (κ2) is 7.64. The van der Waals surface area contributed by atoms with E-state index in [0.29, 0.717) is 18.9 Å². The maximum atomic E-state index is 13.7. The highest BCUT2D eigenvalue weighted by molar-refractivity contribution is 7.92. The Labute approximate surface area is 156 Å². The van der Waals surface area contributed by atoms with Crippen molar-refractivity contribution in [1.29, 1.82) is 0 Å². The van der Waals surface area contributed by atoms with Crippen molar-refractivity contribution >= 4 is 21.6 Å². The summed E-state index contributed by atoms with van der Waals surface area (Å²) >= 11 is 0. The van der Waals surface area contributed by atoms with Crippen LogP contribution in [-0.2, 0) is 9.84 Å². The Balaban J connectivity index is 1.62. The molecule has 144 valence electrons. The summed E-state index contributed by atoms with van der Waals surface area (Å²) in [4.78, 5) is 14.0. The molecule has 8 heteroatoms. The first-order chi connectivity index (χ1) is 12.8. The minimum Gasteiger partial charge on any atom is -0.324 e. The minimum absolute atomic E-state index is 0.115. The summed E-state index contributed by atoms with van der Waals surface area (Å²) in [6.07, 6.45) is 0.602. The van der Waals surface area contributed by atoms with Crippen LogP contribution in [0.3, 0.4) is 0 Å². The molecular weight excluding hydrogens is 374 g/mol. The van der Waals surface area contributed by atoms with Crippen molar-refractivity contribution in [3.8, 4) is 0 Å². The highest BCUT2D eigenvalue weighted by Gasteiger charge is 2.32. The van der Waals surface area contributed by atoms with E-state index in [4.69, 9.17) is 0 Å². The quantitative estimate of drug-likeness (QED) is 0.862. The summed E-state index contributed by atoms with van der Waals surface area (Å²) in [7, 11) is -3.46. The molecule has 1 N–H and O–H groups in total. The lowest BCUT2D eigenvalue weighted by Gasteiger charge is -2.31. The van der Waals surface area contributed by atoms with Crippen LogP contribution < -0.4 is 5.32 Å². The second-order valence-electron chi connectivity index (χ2n) is 6.60. The molecule has 0 aliphatic carbocycles. The number of nitrogens with one attached hydrogen (secondary N) is 1. The van der Waals surface area contributed by atoms with Gasteiger partial charge < -0.3 is 10.2 Å². The number of nitrogens with zero attached hydrogens (tertiary/aromatic N) is 1. The van der Waals surface area contributed by atoms with Crippen LogP contribution in [0.1, 0.15) is 18.4 Å². The van der Waals surface area contributed by atoms with Crippen LogP contribution in [0.25, 0.3) is 0 Å². The van der Waals surface area contributed by atoms with Gasteiger partial charge in [0.15, 0.2) is 9.84 Å². The number of sulfone groups is 1. The lowest BCUT2D eigenvalue weighted by molar-refractivity contribution is 0.200. The third-order valence-electron chi connectivity index (χ3n) is 4.69. The molecule has 1 saturated heterocycles. The molecule has 27 heavy (non-hydrogen) atoms. The summed E-state index contributed by atoms with van der Waals surface area (Å²) in [6.45, 7) is 2.37. The molecule has 2 aromatic rings. The van der Waals surface area contributed by atoms with E-state index in [1.54, 1.807) is 24.3 Å². The van der Waals surface area contributed by atoms with Gasteiger partial charge in [-0.25, -0.2) is 22.0 Å². The molecule has 1 fully saturated rings. The number of amides is 2. The average molecular weight is 394 g/mol. The highest BCUT2D eigenvalue weighted by atomic mass is 32.2. The van der Waals surface area contributed by atoms with Crippen molar-refractivity contribution in [3.63, 3.8) is 0 Å². The van der Waals surface area contributed by atoms with E-state index in [9.17, 15) is 22.0 Å². The number of urea groups is 1. The van der Waals surface area contributed by atoms with E-state index in [1.165, 1.54) is 4.90 Å². The molecular formula is C19H20F2N2O3S. The zero-order valence-corrected chi connectivity index (χ0v) is 15.6. The number of hydrogen-bond donors (Lipinski definition) is 1. The van der Waals surface area contributed by atoms with Crippen LogP contribution in [0.15, 0.2) is 47.4 Å². The molecule has 0 unspecified atom stereocenters. The molecule has 0 atom stereocenters. The van der Waals surface area contributed by atoms with Crippen molar-refractivity contribution in [2.45, 2.75) is 29.9 Å². The number of carbonyl (C=O) groups is 1. The fraction of sp³-hybridized carbons (Fsp3) is 0.316. The Morgan fingerprint density at radius 2 is 1.70 bits per heavy atom. The standard InChI is InChI=1S/C19H20F2N2O3S/c1-13-2-5-15(6-3-13)27(25,26)16-8-10-23(11-9-16)19(24)22-18-7-4-14(20)12-17(18)21/h2-7,12,16H,8-11H2,1H3,(H,22,24). The number of rotatable bonds is 3. The van der Waals surface area contributed by atoms with Crippen molar-refractivity contribution in [2.75, 3.05) is 18.4 Å². The molecule has 2 amide bonds. The van der Waals surface area contributed by atoms with Gasteiger partial charge in [0.05, 0.1) is 15.8 Å². The lowest BCUT2D eigenvalue weighted by atomic mass is 10.1. The van der Waals surface area contributed by atoms with E-state index in [1.807, 2.05) is 6.92 Å². The number of carbonyl (C=O) groups excluding carboxylic acids is 1. The third kappa shape index (κ3) is 4.27. The SMILES string of the molecule is Cc1ccc(S(=O)(=O)C2CCN(C(=O)Nc3ccc(F)cc3F)CC2)cc1. The highest BCUT2D eigenvalue weighted by Crippen LogP contribution is 2.25. The van der Waals surface area contributed by atoms with E-state index in [0.717, 1.165) is 17.7 Å². The monoisotopic (exact) mass is 394 g/mol. The Morgan fingerprint density at radius 1 is 1.07 bits per heavy atom. The first-order valence-electron chi connectivity index (χ1n) is 8.59. The van der Waals surface area contributed by atoms with Gasteiger partial charge >= 0.3 is 6.03 Å². The summed E-state index contributed by atoms with van der Waals surface area (Å²) in [6, 6.07) is 9.07. The van der Waals surface area contributed by atoms with Gasteiger partial charge in [-0.2, -0.15) is 0 Å². The van der Waals surface area contributed by atoms with Crippen molar-refractivity contribution in [3.05, 3.63) is 59.7 Å². The zero-order chi connectivity index (χ0) is 19.6. The van der Waals surface area contributed by atoms with E-state index in [-0.39, 0.29) is 23.7 Å². The van der Waals surface area contributed by atoms with Gasteiger partial charge in [-0.05, 0) is 44.0 Å². The van der Waals surface area contributed by atoms with Crippen LogP contribution in [0, 0.1) is 18.6 Å². The smallest absolute Gasteiger partial charge is 0.321 e. The first kappa shape index (κ1) is 19.3. The van der Waals surface area contributed by atoms with Crippen LogP contribution in [0.5, 0.6) is 0 Å².